The number of piperidine rings is 1. The van der Waals surface area contributed by atoms with Gasteiger partial charge in [0.25, 0.3) is 5.56 Å². The monoisotopic (exact) mass is 460 g/mol. The summed E-state index contributed by atoms with van der Waals surface area (Å²) in [5, 5.41) is 8.06. The maximum absolute atomic E-state index is 13.2. The first-order valence-electron chi connectivity index (χ1n) is 11.4. The van der Waals surface area contributed by atoms with Crippen molar-refractivity contribution in [3.63, 3.8) is 0 Å². The highest BCUT2D eigenvalue weighted by atomic mass is 19.1. The van der Waals surface area contributed by atoms with Crippen molar-refractivity contribution in [2.75, 3.05) is 13.1 Å². The van der Waals surface area contributed by atoms with Crippen LogP contribution in [0.15, 0.2) is 53.3 Å². The highest BCUT2D eigenvalue weighted by Crippen LogP contribution is 2.25. The van der Waals surface area contributed by atoms with Gasteiger partial charge in [-0.2, -0.15) is 0 Å². The predicted molar refractivity (Wildman–Crippen MR) is 125 cm³/mol. The number of rotatable bonds is 5. The zero-order chi connectivity index (χ0) is 23.7. The van der Waals surface area contributed by atoms with Crippen molar-refractivity contribution < 1.29 is 9.18 Å². The number of halogens is 1. The van der Waals surface area contributed by atoms with Crippen LogP contribution in [0.3, 0.4) is 0 Å². The van der Waals surface area contributed by atoms with E-state index in [-0.39, 0.29) is 28.7 Å². The number of aromatic amines is 1. The summed E-state index contributed by atoms with van der Waals surface area (Å²) < 4.78 is 14.8. The summed E-state index contributed by atoms with van der Waals surface area (Å²) in [6.07, 6.45) is 2.01. The molecular formula is C25H25FN6O2. The third-order valence-corrected chi connectivity index (χ3v) is 6.27. The van der Waals surface area contributed by atoms with Gasteiger partial charge >= 0.3 is 0 Å². The summed E-state index contributed by atoms with van der Waals surface area (Å²) in [5.74, 6) is 0.206. The second kappa shape index (κ2) is 9.17. The molecule has 1 saturated heterocycles. The van der Waals surface area contributed by atoms with E-state index in [0.29, 0.717) is 37.5 Å². The quantitative estimate of drug-likeness (QED) is 0.494. The van der Waals surface area contributed by atoms with E-state index in [0.717, 1.165) is 29.5 Å². The smallest absolute Gasteiger partial charge is 0.281 e. The van der Waals surface area contributed by atoms with Crippen LogP contribution in [0.25, 0.3) is 11.2 Å². The van der Waals surface area contributed by atoms with Gasteiger partial charge in [-0.15, -0.1) is 5.10 Å². The van der Waals surface area contributed by atoms with Crippen molar-refractivity contribution in [2.24, 2.45) is 0 Å². The molecule has 0 saturated carbocycles. The lowest BCUT2D eigenvalue weighted by Gasteiger charge is -2.32. The van der Waals surface area contributed by atoms with E-state index in [1.54, 1.807) is 16.8 Å². The Balaban J connectivity index is 1.36. The Labute approximate surface area is 195 Å². The van der Waals surface area contributed by atoms with E-state index in [4.69, 9.17) is 4.98 Å². The average molecular weight is 461 g/mol. The van der Waals surface area contributed by atoms with Gasteiger partial charge in [-0.05, 0) is 43.0 Å². The van der Waals surface area contributed by atoms with Crippen molar-refractivity contribution in [3.8, 4) is 0 Å². The molecule has 4 aromatic rings. The van der Waals surface area contributed by atoms with Gasteiger partial charge in [-0.25, -0.2) is 14.1 Å². The van der Waals surface area contributed by atoms with Crippen molar-refractivity contribution in [2.45, 2.75) is 38.6 Å². The topological polar surface area (TPSA) is 96.8 Å². The van der Waals surface area contributed by atoms with Gasteiger partial charge in [0.1, 0.15) is 11.6 Å². The molecule has 174 valence electrons. The van der Waals surface area contributed by atoms with Crippen LogP contribution >= 0.6 is 0 Å². The minimum absolute atomic E-state index is 0.0694. The van der Waals surface area contributed by atoms with Gasteiger partial charge in [0.15, 0.2) is 11.2 Å². The third-order valence-electron chi connectivity index (χ3n) is 6.27. The number of H-pyrrole nitrogens is 1. The Bertz CT molecular complexity index is 1380. The summed E-state index contributed by atoms with van der Waals surface area (Å²) in [6, 6.07) is 14.1. The lowest BCUT2D eigenvalue weighted by Crippen LogP contribution is -2.40. The molecule has 0 aliphatic carbocycles. The summed E-state index contributed by atoms with van der Waals surface area (Å²) >= 11 is 0. The van der Waals surface area contributed by atoms with Crippen molar-refractivity contribution in [1.29, 1.82) is 0 Å². The Kier molecular flexibility index (Phi) is 5.91. The van der Waals surface area contributed by atoms with E-state index < -0.39 is 0 Å². The van der Waals surface area contributed by atoms with Gasteiger partial charge in [-0.1, -0.05) is 47.2 Å². The molecule has 2 aromatic carbocycles. The van der Waals surface area contributed by atoms with Crippen LogP contribution in [-0.4, -0.2) is 48.9 Å². The van der Waals surface area contributed by atoms with Gasteiger partial charge in [0.05, 0.1) is 13.0 Å². The number of benzene rings is 2. The van der Waals surface area contributed by atoms with Gasteiger partial charge in [0.2, 0.25) is 5.91 Å². The highest BCUT2D eigenvalue weighted by molar-refractivity contribution is 5.79. The van der Waals surface area contributed by atoms with Crippen LogP contribution in [-0.2, 0) is 17.8 Å². The number of nitrogens with one attached hydrogen (secondary N) is 1. The second-order valence-electron chi connectivity index (χ2n) is 8.84. The summed E-state index contributed by atoms with van der Waals surface area (Å²) in [7, 11) is 0. The second-order valence-corrected chi connectivity index (χ2v) is 8.84. The van der Waals surface area contributed by atoms with Gasteiger partial charge in [0, 0.05) is 19.0 Å². The molecule has 9 heteroatoms. The SMILES string of the molecule is Cc1ccc(CC(=O)N2CCC[C@H](c3nc4c(nnn4Cc4ccc(F)cc4)c(=O)[nH]3)C2)cc1. The number of hydrogen-bond donors (Lipinski definition) is 1. The lowest BCUT2D eigenvalue weighted by atomic mass is 9.96. The molecule has 0 spiro atoms. The highest BCUT2D eigenvalue weighted by Gasteiger charge is 2.27. The molecule has 1 aliphatic heterocycles. The number of fused-ring (bicyclic) bond motifs is 1. The van der Waals surface area contributed by atoms with Crippen LogP contribution in [0.4, 0.5) is 4.39 Å². The fraction of sp³-hybridized carbons (Fsp3) is 0.320. The molecule has 1 fully saturated rings. The van der Waals surface area contributed by atoms with Crippen LogP contribution in [0.1, 0.15) is 41.3 Å². The van der Waals surface area contributed by atoms with Crippen molar-refractivity contribution in [1.82, 2.24) is 29.9 Å². The third kappa shape index (κ3) is 4.59. The molecule has 1 amide bonds. The first kappa shape index (κ1) is 21.9. The van der Waals surface area contributed by atoms with E-state index in [9.17, 15) is 14.0 Å². The first-order valence-corrected chi connectivity index (χ1v) is 11.4. The number of likely N-dealkylation sites (tertiary alicyclic amines) is 1. The molecule has 1 aliphatic rings. The maximum Gasteiger partial charge on any atom is 0.281 e. The summed E-state index contributed by atoms with van der Waals surface area (Å²) in [5.41, 5.74) is 3.16. The van der Waals surface area contributed by atoms with E-state index in [1.807, 2.05) is 36.1 Å². The normalized spacial score (nSPS) is 16.2. The molecule has 3 heterocycles. The Morgan fingerprint density at radius 1 is 1.12 bits per heavy atom. The number of carbonyl (C=O) groups excluding carboxylic acids is 1. The maximum atomic E-state index is 13.2. The molecule has 0 unspecified atom stereocenters. The summed E-state index contributed by atoms with van der Waals surface area (Å²) in [4.78, 5) is 35.0. The van der Waals surface area contributed by atoms with Gasteiger partial charge in [-0.3, -0.25) is 9.59 Å². The van der Waals surface area contributed by atoms with Crippen LogP contribution in [0.5, 0.6) is 0 Å². The molecule has 5 rings (SSSR count). The molecule has 1 atom stereocenters. The number of amides is 1. The van der Waals surface area contributed by atoms with E-state index in [2.05, 4.69) is 15.3 Å². The number of aromatic nitrogens is 5. The predicted octanol–water partition coefficient (Wildman–Crippen LogP) is 2.96. The van der Waals surface area contributed by atoms with E-state index in [1.165, 1.54) is 12.1 Å². The zero-order valence-corrected chi connectivity index (χ0v) is 18.9. The number of nitrogens with zero attached hydrogens (tertiary/aromatic N) is 5. The van der Waals surface area contributed by atoms with Crippen molar-refractivity contribution >= 4 is 17.1 Å². The summed E-state index contributed by atoms with van der Waals surface area (Å²) in [6.45, 7) is 3.53. The van der Waals surface area contributed by atoms with Gasteiger partial charge < -0.3 is 9.88 Å². The minimum Gasteiger partial charge on any atom is -0.342 e. The van der Waals surface area contributed by atoms with Crippen molar-refractivity contribution in [3.05, 3.63) is 87.2 Å². The van der Waals surface area contributed by atoms with Crippen LogP contribution in [0.2, 0.25) is 0 Å². The van der Waals surface area contributed by atoms with E-state index >= 15 is 0 Å². The van der Waals surface area contributed by atoms with Crippen LogP contribution in [0, 0.1) is 12.7 Å². The Morgan fingerprint density at radius 2 is 1.85 bits per heavy atom. The minimum atomic E-state index is -0.353. The largest absolute Gasteiger partial charge is 0.342 e. The molecular weight excluding hydrogens is 435 g/mol. The fourth-order valence-electron chi connectivity index (χ4n) is 4.37. The Morgan fingerprint density at radius 3 is 2.62 bits per heavy atom. The van der Waals surface area contributed by atoms with Crippen LogP contribution < -0.4 is 5.56 Å². The fourth-order valence-corrected chi connectivity index (χ4v) is 4.37. The molecule has 2 aromatic heterocycles. The standard InChI is InChI=1S/C25H25FN6O2/c1-16-4-6-17(7-5-16)13-21(33)31-12-2-3-19(15-31)23-27-24-22(25(34)28-23)29-30-32(24)14-18-8-10-20(26)11-9-18/h4-11,19H,2-3,12-15H2,1H3,(H,27,28,34)/t19-/m0/s1. The molecule has 8 nitrogen and oxygen atoms in total. The first-order chi connectivity index (χ1) is 16.5. The number of carbonyl (C=O) groups is 1. The number of aryl methyl sites for hydroxylation is 1. The number of hydrogen-bond acceptors (Lipinski definition) is 5. The molecule has 0 bridgehead atoms. The average Bonchev–Trinajstić information content (AvgIpc) is 3.25. The lowest BCUT2D eigenvalue weighted by molar-refractivity contribution is -0.131. The molecule has 34 heavy (non-hydrogen) atoms. The molecule has 1 N–H and O–H groups in total. The zero-order valence-electron chi connectivity index (χ0n) is 18.9. The Hall–Kier alpha value is -3.88. The molecule has 0 radical (unpaired) electrons.